The maximum absolute atomic E-state index is 9.83. The van der Waals surface area contributed by atoms with Gasteiger partial charge >= 0.3 is 0 Å². The number of nitrogens with one attached hydrogen (secondary N) is 1. The molecule has 0 aromatic heterocycles. The highest BCUT2D eigenvalue weighted by molar-refractivity contribution is 5.41. The highest BCUT2D eigenvalue weighted by atomic mass is 16.5. The number of hydrogen-bond donors (Lipinski definition) is 2. The molecule has 0 aliphatic carbocycles. The number of aromatic hydroxyl groups is 1. The summed E-state index contributed by atoms with van der Waals surface area (Å²) in [7, 11) is 1.55. The summed E-state index contributed by atoms with van der Waals surface area (Å²) in [5.74, 6) is 0.667. The molecular weight excluding hydrogens is 316 g/mol. The number of benzene rings is 2. The fourth-order valence-electron chi connectivity index (χ4n) is 3.11. The zero-order chi connectivity index (χ0) is 17.5. The number of phenolic OH excluding ortho intramolecular Hbond substituents is 1. The highest BCUT2D eigenvalue weighted by Gasteiger charge is 2.20. The van der Waals surface area contributed by atoms with E-state index in [0.29, 0.717) is 12.3 Å². The van der Waals surface area contributed by atoms with Gasteiger partial charge in [-0.1, -0.05) is 36.4 Å². The van der Waals surface area contributed by atoms with Crippen molar-refractivity contribution in [3.8, 4) is 11.5 Å². The Morgan fingerprint density at radius 2 is 2.04 bits per heavy atom. The van der Waals surface area contributed by atoms with Crippen molar-refractivity contribution in [3.05, 3.63) is 59.7 Å². The second-order valence-corrected chi connectivity index (χ2v) is 6.35. The first-order valence-corrected chi connectivity index (χ1v) is 8.69. The molecule has 0 amide bonds. The Morgan fingerprint density at radius 3 is 2.80 bits per heavy atom. The third kappa shape index (κ3) is 5.19. The summed E-state index contributed by atoms with van der Waals surface area (Å²) in [4.78, 5) is 2.43. The molecular formula is C20H26N2O3. The molecule has 2 aromatic carbocycles. The van der Waals surface area contributed by atoms with Crippen LogP contribution in [0.25, 0.3) is 0 Å². The van der Waals surface area contributed by atoms with Gasteiger partial charge in [0.2, 0.25) is 0 Å². The average molecular weight is 342 g/mol. The highest BCUT2D eigenvalue weighted by Crippen LogP contribution is 2.26. The number of ether oxygens (including phenoxy) is 2. The standard InChI is InChI=1S/C20H26N2O3/c1-24-20-8-7-17(11-19(20)23)12-21-13-18-15-22(9-10-25-18)14-16-5-3-2-4-6-16/h2-8,11,18,21,23H,9-10,12-15H2,1H3/t18-/m0/s1. The van der Waals surface area contributed by atoms with Crippen LogP contribution < -0.4 is 10.1 Å². The zero-order valence-corrected chi connectivity index (χ0v) is 14.6. The molecule has 1 fully saturated rings. The summed E-state index contributed by atoms with van der Waals surface area (Å²) in [6.07, 6.45) is 0.185. The first kappa shape index (κ1) is 17.7. The van der Waals surface area contributed by atoms with Crippen LogP contribution in [-0.2, 0) is 17.8 Å². The summed E-state index contributed by atoms with van der Waals surface area (Å²) < 4.78 is 10.9. The van der Waals surface area contributed by atoms with Crippen LogP contribution in [-0.4, -0.2) is 49.5 Å². The van der Waals surface area contributed by atoms with Crippen molar-refractivity contribution < 1.29 is 14.6 Å². The Hall–Kier alpha value is -2.08. The third-order valence-electron chi connectivity index (χ3n) is 4.42. The molecule has 5 nitrogen and oxygen atoms in total. The maximum atomic E-state index is 9.83. The number of phenols is 1. The molecule has 2 aromatic rings. The van der Waals surface area contributed by atoms with E-state index in [0.717, 1.165) is 38.3 Å². The lowest BCUT2D eigenvalue weighted by molar-refractivity contribution is -0.0300. The van der Waals surface area contributed by atoms with E-state index in [9.17, 15) is 5.11 Å². The minimum absolute atomic E-state index is 0.171. The van der Waals surface area contributed by atoms with Crippen LogP contribution in [0.5, 0.6) is 11.5 Å². The molecule has 2 N–H and O–H groups in total. The molecule has 0 radical (unpaired) electrons. The smallest absolute Gasteiger partial charge is 0.160 e. The van der Waals surface area contributed by atoms with Crippen molar-refractivity contribution in [2.45, 2.75) is 19.2 Å². The molecule has 1 aliphatic heterocycles. The molecule has 0 unspecified atom stereocenters. The Labute approximate surface area is 149 Å². The molecule has 1 saturated heterocycles. The summed E-state index contributed by atoms with van der Waals surface area (Å²) in [6, 6.07) is 16.0. The van der Waals surface area contributed by atoms with Gasteiger partial charge in [0.05, 0.1) is 19.8 Å². The maximum Gasteiger partial charge on any atom is 0.160 e. The lowest BCUT2D eigenvalue weighted by atomic mass is 10.1. The Morgan fingerprint density at radius 1 is 1.20 bits per heavy atom. The SMILES string of the molecule is COc1ccc(CNC[C@H]2CN(Cc3ccccc3)CCO2)cc1O. The average Bonchev–Trinajstić information content (AvgIpc) is 2.63. The van der Waals surface area contributed by atoms with E-state index in [1.165, 1.54) is 5.56 Å². The van der Waals surface area contributed by atoms with Gasteiger partial charge in [-0.15, -0.1) is 0 Å². The van der Waals surface area contributed by atoms with Gasteiger partial charge in [-0.25, -0.2) is 0 Å². The molecule has 1 aliphatic rings. The van der Waals surface area contributed by atoms with Crippen LogP contribution in [0.15, 0.2) is 48.5 Å². The number of hydrogen-bond acceptors (Lipinski definition) is 5. The molecule has 0 spiro atoms. The fraction of sp³-hybridized carbons (Fsp3) is 0.400. The first-order chi connectivity index (χ1) is 12.2. The second-order valence-electron chi connectivity index (χ2n) is 6.35. The van der Waals surface area contributed by atoms with Gasteiger partial charge in [0, 0.05) is 32.7 Å². The van der Waals surface area contributed by atoms with Crippen LogP contribution >= 0.6 is 0 Å². The van der Waals surface area contributed by atoms with Crippen molar-refractivity contribution in [2.24, 2.45) is 0 Å². The first-order valence-electron chi connectivity index (χ1n) is 8.69. The van der Waals surface area contributed by atoms with E-state index >= 15 is 0 Å². The van der Waals surface area contributed by atoms with E-state index in [-0.39, 0.29) is 11.9 Å². The normalized spacial score (nSPS) is 18.2. The molecule has 134 valence electrons. The minimum Gasteiger partial charge on any atom is -0.504 e. The number of nitrogens with zero attached hydrogens (tertiary/aromatic N) is 1. The Kier molecular flexibility index (Phi) is 6.28. The number of rotatable bonds is 7. The van der Waals surface area contributed by atoms with Crippen LogP contribution in [0.2, 0.25) is 0 Å². The topological polar surface area (TPSA) is 54.0 Å². The Balaban J connectivity index is 1.44. The van der Waals surface area contributed by atoms with Crippen molar-refractivity contribution in [1.29, 1.82) is 0 Å². The molecule has 0 bridgehead atoms. The van der Waals surface area contributed by atoms with Gasteiger partial charge in [0.15, 0.2) is 11.5 Å². The molecule has 0 saturated carbocycles. The fourth-order valence-corrected chi connectivity index (χ4v) is 3.11. The summed E-state index contributed by atoms with van der Waals surface area (Å²) >= 11 is 0. The number of morpholine rings is 1. The minimum atomic E-state index is 0.171. The Bertz CT molecular complexity index is 663. The van der Waals surface area contributed by atoms with Gasteiger partial charge < -0.3 is 19.9 Å². The summed E-state index contributed by atoms with van der Waals surface area (Å²) in [5.41, 5.74) is 2.36. The van der Waals surface area contributed by atoms with Gasteiger partial charge in [0.1, 0.15) is 0 Å². The van der Waals surface area contributed by atoms with Crippen LogP contribution in [0.3, 0.4) is 0 Å². The third-order valence-corrected chi connectivity index (χ3v) is 4.42. The number of methoxy groups -OCH3 is 1. The van der Waals surface area contributed by atoms with E-state index in [1.54, 1.807) is 19.2 Å². The van der Waals surface area contributed by atoms with Gasteiger partial charge in [-0.05, 0) is 23.3 Å². The van der Waals surface area contributed by atoms with Crippen LogP contribution in [0, 0.1) is 0 Å². The molecule has 1 atom stereocenters. The van der Waals surface area contributed by atoms with E-state index in [4.69, 9.17) is 9.47 Å². The van der Waals surface area contributed by atoms with E-state index in [2.05, 4.69) is 34.5 Å². The van der Waals surface area contributed by atoms with E-state index < -0.39 is 0 Å². The van der Waals surface area contributed by atoms with Crippen molar-refractivity contribution in [3.63, 3.8) is 0 Å². The summed E-state index contributed by atoms with van der Waals surface area (Å²) in [5, 5.41) is 13.2. The quantitative estimate of drug-likeness (QED) is 0.809. The molecule has 25 heavy (non-hydrogen) atoms. The van der Waals surface area contributed by atoms with Crippen molar-refractivity contribution >= 4 is 0 Å². The van der Waals surface area contributed by atoms with Crippen molar-refractivity contribution in [1.82, 2.24) is 10.2 Å². The molecule has 1 heterocycles. The van der Waals surface area contributed by atoms with Crippen molar-refractivity contribution in [2.75, 3.05) is 33.4 Å². The van der Waals surface area contributed by atoms with Crippen LogP contribution in [0.1, 0.15) is 11.1 Å². The van der Waals surface area contributed by atoms with E-state index in [1.807, 2.05) is 12.1 Å². The lowest BCUT2D eigenvalue weighted by Crippen LogP contribution is -2.46. The monoisotopic (exact) mass is 342 g/mol. The molecule has 3 rings (SSSR count). The zero-order valence-electron chi connectivity index (χ0n) is 14.6. The van der Waals surface area contributed by atoms with Gasteiger partial charge in [-0.3, -0.25) is 4.90 Å². The predicted octanol–water partition coefficient (Wildman–Crippen LogP) is 2.39. The molecule has 5 heteroatoms. The second kappa shape index (κ2) is 8.85. The lowest BCUT2D eigenvalue weighted by Gasteiger charge is -2.33. The van der Waals surface area contributed by atoms with Gasteiger partial charge in [0.25, 0.3) is 0 Å². The predicted molar refractivity (Wildman–Crippen MR) is 97.8 cm³/mol. The van der Waals surface area contributed by atoms with Crippen LogP contribution in [0.4, 0.5) is 0 Å². The summed E-state index contributed by atoms with van der Waals surface area (Å²) in [6.45, 7) is 5.11. The largest absolute Gasteiger partial charge is 0.504 e. The van der Waals surface area contributed by atoms with Gasteiger partial charge in [-0.2, -0.15) is 0 Å².